The smallest absolute Gasteiger partial charge is 0.430 e. The second-order valence-corrected chi connectivity index (χ2v) is 12.2. The van der Waals surface area contributed by atoms with E-state index in [-0.39, 0.29) is 33.7 Å². The number of rotatable bonds is 4. The van der Waals surface area contributed by atoms with Crippen LogP contribution in [0.15, 0.2) is 66.5 Å². The number of pyridine rings is 1. The quantitative estimate of drug-likeness (QED) is 0.105. The summed E-state index contributed by atoms with van der Waals surface area (Å²) in [6, 6.07) is 9.56. The van der Waals surface area contributed by atoms with Crippen LogP contribution in [0.4, 0.5) is 10.5 Å². The van der Waals surface area contributed by atoms with Gasteiger partial charge in [0.1, 0.15) is 11.9 Å². The summed E-state index contributed by atoms with van der Waals surface area (Å²) in [5, 5.41) is 10.5. The van der Waals surface area contributed by atoms with Gasteiger partial charge >= 0.3 is 6.16 Å². The Morgan fingerprint density at radius 3 is 2.62 bits per heavy atom. The van der Waals surface area contributed by atoms with Gasteiger partial charge in [-0.1, -0.05) is 43.0 Å². The second-order valence-electron chi connectivity index (χ2n) is 12.2. The highest BCUT2D eigenvalue weighted by atomic mass is 16.7. The molecule has 2 fully saturated rings. The fourth-order valence-corrected chi connectivity index (χ4v) is 8.20. The molecule has 1 aromatic carbocycles. The van der Waals surface area contributed by atoms with Crippen LogP contribution < -0.4 is 4.74 Å². The lowest BCUT2D eigenvalue weighted by atomic mass is 9.36. The van der Waals surface area contributed by atoms with Gasteiger partial charge in [-0.05, 0) is 90.5 Å². The highest BCUT2D eigenvalue weighted by Gasteiger charge is 2.62. The van der Waals surface area contributed by atoms with E-state index < -0.39 is 11.1 Å². The Balaban J connectivity index is 1.15. The molecule has 2 aromatic rings. The van der Waals surface area contributed by atoms with E-state index in [2.05, 4.69) is 37.0 Å². The number of benzene rings is 1. The fourth-order valence-electron chi connectivity index (χ4n) is 8.20. The third-order valence-corrected chi connectivity index (χ3v) is 10.5. The number of nitro benzene ring substituents is 1. The SMILES string of the molecule is [B]C12CC=C(c3cccnc3)[C@@]1(C)CC[C@H]1[C@H]2CC=C2C[C@@H](OC(=O)Oc3ccc([N+](=O)[O-])cc3)CC[C@@]21C. The maximum Gasteiger partial charge on any atom is 0.514 e. The summed E-state index contributed by atoms with van der Waals surface area (Å²) in [4.78, 5) is 27.2. The van der Waals surface area contributed by atoms with Gasteiger partial charge in [-0.15, -0.1) is 0 Å². The Kier molecular flexibility index (Phi) is 6.20. The van der Waals surface area contributed by atoms with Gasteiger partial charge in [0, 0.05) is 30.9 Å². The molecule has 0 saturated heterocycles. The van der Waals surface area contributed by atoms with Crippen LogP contribution in [-0.4, -0.2) is 30.0 Å². The van der Waals surface area contributed by atoms with Gasteiger partial charge in [-0.25, -0.2) is 4.79 Å². The summed E-state index contributed by atoms with van der Waals surface area (Å²) in [5.74, 6) is 1.10. The van der Waals surface area contributed by atoms with E-state index in [1.54, 1.807) is 0 Å². The molecule has 0 amide bonds. The molecular formula is C31H33BN2O5. The molecule has 1 heterocycles. The molecule has 2 radical (unpaired) electrons. The molecule has 0 spiro atoms. The van der Waals surface area contributed by atoms with E-state index in [1.165, 1.54) is 41.0 Å². The number of ether oxygens (including phenoxy) is 2. The fraction of sp³-hybridized carbons (Fsp3) is 0.484. The van der Waals surface area contributed by atoms with Crippen LogP contribution in [0.1, 0.15) is 64.4 Å². The van der Waals surface area contributed by atoms with Crippen LogP contribution in [0.5, 0.6) is 5.75 Å². The Hall–Kier alpha value is -3.42. The highest BCUT2D eigenvalue weighted by Crippen LogP contribution is 2.74. The maximum atomic E-state index is 12.5. The van der Waals surface area contributed by atoms with Crippen molar-refractivity contribution in [3.63, 3.8) is 0 Å². The van der Waals surface area contributed by atoms with E-state index in [9.17, 15) is 14.9 Å². The Bertz CT molecular complexity index is 1360. The number of carbonyl (C=O) groups excluding carboxylic acids is 1. The van der Waals surface area contributed by atoms with E-state index in [4.69, 9.17) is 17.3 Å². The van der Waals surface area contributed by atoms with E-state index in [0.717, 1.165) is 38.5 Å². The molecule has 1 unspecified atom stereocenters. The van der Waals surface area contributed by atoms with Gasteiger partial charge < -0.3 is 9.47 Å². The average molecular weight is 524 g/mol. The first-order chi connectivity index (χ1) is 18.6. The van der Waals surface area contributed by atoms with Crippen molar-refractivity contribution in [2.45, 2.75) is 70.2 Å². The van der Waals surface area contributed by atoms with Crippen molar-refractivity contribution < 1.29 is 19.2 Å². The number of carbonyl (C=O) groups is 1. The van der Waals surface area contributed by atoms with Crippen LogP contribution >= 0.6 is 0 Å². The Morgan fingerprint density at radius 2 is 1.90 bits per heavy atom. The largest absolute Gasteiger partial charge is 0.514 e. The minimum atomic E-state index is -0.777. The lowest BCUT2D eigenvalue weighted by Gasteiger charge is -2.62. The summed E-state index contributed by atoms with van der Waals surface area (Å²) in [6.45, 7) is 4.75. The number of hydrogen-bond acceptors (Lipinski definition) is 6. The summed E-state index contributed by atoms with van der Waals surface area (Å²) in [7, 11) is 7.43. The molecule has 4 aliphatic carbocycles. The second kappa shape index (κ2) is 9.35. The number of allylic oxidation sites excluding steroid dienone is 3. The van der Waals surface area contributed by atoms with Crippen LogP contribution in [0.2, 0.25) is 5.31 Å². The number of nitro groups is 1. The summed E-state index contributed by atoms with van der Waals surface area (Å²) >= 11 is 0. The van der Waals surface area contributed by atoms with Crippen molar-refractivity contribution in [1.29, 1.82) is 0 Å². The van der Waals surface area contributed by atoms with Crippen LogP contribution in [-0.2, 0) is 4.74 Å². The number of hydrogen-bond donors (Lipinski definition) is 0. The predicted octanol–water partition coefficient (Wildman–Crippen LogP) is 7.24. The molecule has 7 nitrogen and oxygen atoms in total. The predicted molar refractivity (Wildman–Crippen MR) is 148 cm³/mol. The van der Waals surface area contributed by atoms with E-state index >= 15 is 0 Å². The zero-order valence-corrected chi connectivity index (χ0v) is 22.5. The van der Waals surface area contributed by atoms with Crippen LogP contribution in [0, 0.1) is 32.8 Å². The van der Waals surface area contributed by atoms with Crippen LogP contribution in [0.3, 0.4) is 0 Å². The Morgan fingerprint density at radius 1 is 1.10 bits per heavy atom. The van der Waals surface area contributed by atoms with Crippen LogP contribution in [0.25, 0.3) is 5.57 Å². The number of fused-ring (bicyclic) bond motifs is 5. The first-order valence-electron chi connectivity index (χ1n) is 13.9. The highest BCUT2D eigenvalue weighted by molar-refractivity contribution is 6.18. The van der Waals surface area contributed by atoms with Crippen molar-refractivity contribution in [3.05, 3.63) is 82.2 Å². The first-order valence-corrected chi connectivity index (χ1v) is 13.9. The molecule has 6 atom stereocenters. The standard InChI is InChI=1S/C31H33BN2O5/c1-29-14-11-24(39-28(35)38-23-8-6-22(7-9-23)34(36)37)18-21(29)5-10-27-26(29)12-15-30(2)25(13-16-31(27,30)32)20-4-3-17-33-19-20/h3-9,13,17,19,24,26-27H,10-12,14-16,18H2,1-2H3/t24-,26-,27+,29-,30+,31?/m0/s1. The molecule has 0 aliphatic heterocycles. The normalized spacial score (nSPS) is 35.0. The number of nitrogens with zero attached hydrogens (tertiary/aromatic N) is 2. The maximum absolute atomic E-state index is 12.5. The van der Waals surface area contributed by atoms with E-state index in [1.807, 2.05) is 18.5 Å². The lowest BCUT2D eigenvalue weighted by Crippen LogP contribution is -2.53. The zero-order chi connectivity index (χ0) is 27.4. The molecule has 8 heteroatoms. The van der Waals surface area contributed by atoms with E-state index in [0.29, 0.717) is 18.3 Å². The summed E-state index contributed by atoms with van der Waals surface area (Å²) < 4.78 is 11.0. The van der Waals surface area contributed by atoms with Gasteiger partial charge in [0.2, 0.25) is 0 Å². The molecule has 4 aliphatic rings. The van der Waals surface area contributed by atoms with Crippen molar-refractivity contribution in [2.75, 3.05) is 0 Å². The monoisotopic (exact) mass is 524 g/mol. The molecule has 0 N–H and O–H groups in total. The van der Waals surface area contributed by atoms with Crippen molar-refractivity contribution >= 4 is 25.3 Å². The summed E-state index contributed by atoms with van der Waals surface area (Å²) in [6.07, 6.45) is 13.9. The Labute approximate surface area is 230 Å². The molecule has 1 aromatic heterocycles. The van der Waals surface area contributed by atoms with Gasteiger partial charge in [0.15, 0.2) is 0 Å². The minimum Gasteiger partial charge on any atom is -0.430 e. The average Bonchev–Trinajstić information content (AvgIpc) is 3.20. The van der Waals surface area contributed by atoms with Gasteiger partial charge in [0.05, 0.1) is 12.8 Å². The number of non-ortho nitro benzene ring substituents is 1. The first kappa shape index (κ1) is 25.8. The number of aromatic nitrogens is 1. The molecule has 0 bridgehead atoms. The molecule has 39 heavy (non-hydrogen) atoms. The molecule has 6 rings (SSSR count). The third-order valence-electron chi connectivity index (χ3n) is 10.5. The molecule has 200 valence electrons. The molecule has 2 saturated carbocycles. The van der Waals surface area contributed by atoms with Crippen molar-refractivity contribution in [2.24, 2.45) is 22.7 Å². The van der Waals surface area contributed by atoms with Gasteiger partial charge in [-0.2, -0.15) is 0 Å². The lowest BCUT2D eigenvalue weighted by molar-refractivity contribution is -0.384. The topological polar surface area (TPSA) is 91.6 Å². The van der Waals surface area contributed by atoms with Gasteiger partial charge in [-0.3, -0.25) is 15.1 Å². The van der Waals surface area contributed by atoms with Gasteiger partial charge in [0.25, 0.3) is 5.69 Å². The van der Waals surface area contributed by atoms with Crippen molar-refractivity contribution in [1.82, 2.24) is 4.98 Å². The third kappa shape index (κ3) is 4.10. The molecular weight excluding hydrogens is 491 g/mol. The van der Waals surface area contributed by atoms with Crippen molar-refractivity contribution in [3.8, 4) is 5.75 Å². The summed E-state index contributed by atoms with van der Waals surface area (Å²) in [5.41, 5.74) is 3.79. The minimum absolute atomic E-state index is 0.0375. The zero-order valence-electron chi connectivity index (χ0n) is 22.5.